The van der Waals surface area contributed by atoms with Crippen molar-refractivity contribution >= 4 is 32.5 Å². The molecule has 1 unspecified atom stereocenters. The van der Waals surface area contributed by atoms with Crippen LogP contribution in [0.25, 0.3) is 10.9 Å². The molecule has 1 amide bonds. The Labute approximate surface area is 110 Å². The molecule has 1 aromatic heterocycles. The highest BCUT2D eigenvalue weighted by Gasteiger charge is 2.37. The molecular formula is C12H13N3O3S. The molecule has 1 atom stereocenters. The summed E-state index contributed by atoms with van der Waals surface area (Å²) in [4.78, 5) is 16.4. The summed E-state index contributed by atoms with van der Waals surface area (Å²) in [7, 11) is -3.68. The molecule has 0 bridgehead atoms. The van der Waals surface area contributed by atoms with Gasteiger partial charge in [-0.2, -0.15) is 0 Å². The number of anilines is 1. The van der Waals surface area contributed by atoms with Crippen LogP contribution < -0.4 is 10.0 Å². The standard InChI is InChI=1S/C12H13N3O3S/c13-19(17,18)10-6-12(16)15(7-10)9-1-2-11-8(5-9)3-4-14-11/h1-5,10,14H,6-7H2,(H2,13,17,18). The number of carbonyl (C=O) groups is 1. The second-order valence-electron chi connectivity index (χ2n) is 4.67. The van der Waals surface area contributed by atoms with Gasteiger partial charge in [-0.25, -0.2) is 13.6 Å². The number of benzene rings is 1. The van der Waals surface area contributed by atoms with Gasteiger partial charge in [-0.05, 0) is 24.3 Å². The number of rotatable bonds is 2. The summed E-state index contributed by atoms with van der Waals surface area (Å²) in [6, 6.07) is 7.41. The maximum absolute atomic E-state index is 11.9. The van der Waals surface area contributed by atoms with Crippen LogP contribution in [0.4, 0.5) is 5.69 Å². The second kappa shape index (κ2) is 4.07. The van der Waals surface area contributed by atoms with Gasteiger partial charge in [0.15, 0.2) is 0 Å². The first kappa shape index (κ1) is 12.2. The van der Waals surface area contributed by atoms with Crippen LogP contribution in [0, 0.1) is 0 Å². The zero-order valence-corrected chi connectivity index (χ0v) is 10.9. The van der Waals surface area contributed by atoms with Crippen molar-refractivity contribution in [2.24, 2.45) is 5.14 Å². The summed E-state index contributed by atoms with van der Waals surface area (Å²) in [5, 5.41) is 5.26. The molecule has 1 aromatic carbocycles. The van der Waals surface area contributed by atoms with E-state index in [4.69, 9.17) is 5.14 Å². The average Bonchev–Trinajstić information content (AvgIpc) is 2.92. The van der Waals surface area contributed by atoms with E-state index in [1.807, 2.05) is 24.4 Å². The Balaban J connectivity index is 1.96. The van der Waals surface area contributed by atoms with Crippen LogP contribution >= 0.6 is 0 Å². The Morgan fingerprint density at radius 2 is 2.11 bits per heavy atom. The molecule has 1 saturated heterocycles. The van der Waals surface area contributed by atoms with Crippen LogP contribution in [-0.4, -0.2) is 31.1 Å². The summed E-state index contributed by atoms with van der Waals surface area (Å²) in [5.74, 6) is -0.214. The zero-order valence-electron chi connectivity index (χ0n) is 10.0. The highest BCUT2D eigenvalue weighted by molar-refractivity contribution is 7.89. The summed E-state index contributed by atoms with van der Waals surface area (Å²) < 4.78 is 22.6. The Morgan fingerprint density at radius 1 is 1.32 bits per heavy atom. The van der Waals surface area contributed by atoms with Crippen molar-refractivity contribution in [2.45, 2.75) is 11.7 Å². The van der Waals surface area contributed by atoms with Crippen molar-refractivity contribution in [2.75, 3.05) is 11.4 Å². The predicted octanol–water partition coefficient (Wildman–Crippen LogP) is 0.562. The van der Waals surface area contributed by atoms with Gasteiger partial charge in [0.1, 0.15) is 5.25 Å². The number of aromatic nitrogens is 1. The number of primary sulfonamides is 1. The molecule has 0 aliphatic carbocycles. The summed E-state index contributed by atoms with van der Waals surface area (Å²) in [5.41, 5.74) is 1.67. The number of sulfonamides is 1. The van der Waals surface area contributed by atoms with Gasteiger partial charge in [0.2, 0.25) is 15.9 Å². The van der Waals surface area contributed by atoms with Gasteiger partial charge >= 0.3 is 0 Å². The van der Waals surface area contributed by atoms with Gasteiger partial charge < -0.3 is 9.88 Å². The van der Waals surface area contributed by atoms with E-state index >= 15 is 0 Å². The molecule has 3 rings (SSSR count). The topological polar surface area (TPSA) is 96.3 Å². The van der Waals surface area contributed by atoms with Crippen LogP contribution in [0.5, 0.6) is 0 Å². The van der Waals surface area contributed by atoms with E-state index in [-0.39, 0.29) is 18.9 Å². The Kier molecular flexibility index (Phi) is 2.61. The van der Waals surface area contributed by atoms with Crippen molar-refractivity contribution in [3.63, 3.8) is 0 Å². The quantitative estimate of drug-likeness (QED) is 0.840. The number of nitrogens with one attached hydrogen (secondary N) is 1. The fraction of sp³-hybridized carbons (Fsp3) is 0.250. The summed E-state index contributed by atoms with van der Waals surface area (Å²) >= 11 is 0. The smallest absolute Gasteiger partial charge is 0.228 e. The molecule has 7 heteroatoms. The molecule has 2 heterocycles. The van der Waals surface area contributed by atoms with E-state index < -0.39 is 15.3 Å². The van der Waals surface area contributed by atoms with E-state index in [9.17, 15) is 13.2 Å². The number of amides is 1. The van der Waals surface area contributed by atoms with Crippen LogP contribution in [0.2, 0.25) is 0 Å². The molecule has 0 radical (unpaired) electrons. The third-order valence-electron chi connectivity index (χ3n) is 3.40. The first-order valence-corrected chi connectivity index (χ1v) is 7.45. The molecule has 0 spiro atoms. The minimum Gasteiger partial charge on any atom is -0.361 e. The number of hydrogen-bond acceptors (Lipinski definition) is 3. The first-order valence-electron chi connectivity index (χ1n) is 5.84. The SMILES string of the molecule is NS(=O)(=O)C1CC(=O)N(c2ccc3[nH]ccc3c2)C1. The van der Waals surface area contributed by atoms with Gasteiger partial charge in [0, 0.05) is 35.8 Å². The molecule has 2 aromatic rings. The van der Waals surface area contributed by atoms with Crippen LogP contribution in [-0.2, 0) is 14.8 Å². The highest BCUT2D eigenvalue weighted by Crippen LogP contribution is 2.27. The van der Waals surface area contributed by atoms with Gasteiger partial charge in [-0.3, -0.25) is 4.79 Å². The minimum atomic E-state index is -3.68. The number of aromatic amines is 1. The average molecular weight is 279 g/mol. The lowest BCUT2D eigenvalue weighted by Crippen LogP contribution is -2.32. The molecule has 1 fully saturated rings. The maximum atomic E-state index is 11.9. The molecule has 0 saturated carbocycles. The van der Waals surface area contributed by atoms with Crippen LogP contribution in [0.3, 0.4) is 0 Å². The Bertz CT molecular complexity index is 750. The lowest BCUT2D eigenvalue weighted by atomic mass is 10.2. The number of nitrogens with zero attached hydrogens (tertiary/aromatic N) is 1. The Hall–Kier alpha value is -1.86. The molecular weight excluding hydrogens is 266 g/mol. The molecule has 6 nitrogen and oxygen atoms in total. The van der Waals surface area contributed by atoms with Crippen LogP contribution in [0.15, 0.2) is 30.5 Å². The number of hydrogen-bond donors (Lipinski definition) is 2. The first-order chi connectivity index (χ1) is 8.95. The number of H-pyrrole nitrogens is 1. The van der Waals surface area contributed by atoms with Gasteiger partial charge in [-0.1, -0.05) is 0 Å². The van der Waals surface area contributed by atoms with E-state index in [2.05, 4.69) is 4.98 Å². The van der Waals surface area contributed by atoms with Gasteiger partial charge in [-0.15, -0.1) is 0 Å². The van der Waals surface area contributed by atoms with Crippen molar-refractivity contribution in [1.82, 2.24) is 4.98 Å². The van der Waals surface area contributed by atoms with Crippen LogP contribution in [0.1, 0.15) is 6.42 Å². The monoisotopic (exact) mass is 279 g/mol. The third kappa shape index (κ3) is 2.11. The molecule has 1 aliphatic heterocycles. The third-order valence-corrected chi connectivity index (χ3v) is 4.65. The van der Waals surface area contributed by atoms with Crippen molar-refractivity contribution in [3.8, 4) is 0 Å². The minimum absolute atomic E-state index is 0.0516. The summed E-state index contributed by atoms with van der Waals surface area (Å²) in [6.07, 6.45) is 1.76. The van der Waals surface area contributed by atoms with E-state index in [0.717, 1.165) is 10.9 Å². The molecule has 1 aliphatic rings. The molecule has 3 N–H and O–H groups in total. The number of carbonyl (C=O) groups excluding carboxylic acids is 1. The lowest BCUT2D eigenvalue weighted by Gasteiger charge is -2.16. The fourth-order valence-corrected chi connectivity index (χ4v) is 3.08. The number of nitrogens with two attached hydrogens (primary N) is 1. The van der Waals surface area contributed by atoms with Crippen molar-refractivity contribution in [3.05, 3.63) is 30.5 Å². The lowest BCUT2D eigenvalue weighted by molar-refractivity contribution is -0.117. The van der Waals surface area contributed by atoms with Crippen molar-refractivity contribution in [1.29, 1.82) is 0 Å². The van der Waals surface area contributed by atoms with E-state index in [1.54, 1.807) is 6.07 Å². The predicted molar refractivity (Wildman–Crippen MR) is 72.2 cm³/mol. The molecule has 19 heavy (non-hydrogen) atoms. The fourth-order valence-electron chi connectivity index (χ4n) is 2.35. The summed E-state index contributed by atoms with van der Waals surface area (Å²) in [6.45, 7) is 0.119. The van der Waals surface area contributed by atoms with E-state index in [1.165, 1.54) is 4.90 Å². The Morgan fingerprint density at radius 3 is 2.79 bits per heavy atom. The zero-order chi connectivity index (χ0) is 13.6. The molecule has 100 valence electrons. The van der Waals surface area contributed by atoms with E-state index in [0.29, 0.717) is 5.69 Å². The second-order valence-corrected chi connectivity index (χ2v) is 6.51. The largest absolute Gasteiger partial charge is 0.361 e. The highest BCUT2D eigenvalue weighted by atomic mass is 32.2. The maximum Gasteiger partial charge on any atom is 0.228 e. The van der Waals surface area contributed by atoms with Gasteiger partial charge in [0.05, 0.1) is 0 Å². The van der Waals surface area contributed by atoms with Gasteiger partial charge in [0.25, 0.3) is 0 Å². The van der Waals surface area contributed by atoms with Crippen molar-refractivity contribution < 1.29 is 13.2 Å². The normalized spacial score (nSPS) is 20.4. The number of fused-ring (bicyclic) bond motifs is 1.